The van der Waals surface area contributed by atoms with E-state index >= 15 is 0 Å². The van der Waals surface area contributed by atoms with E-state index in [1.165, 1.54) is 17.4 Å². The lowest BCUT2D eigenvalue weighted by Gasteiger charge is -2.36. The van der Waals surface area contributed by atoms with Gasteiger partial charge in [0.15, 0.2) is 5.16 Å². The van der Waals surface area contributed by atoms with E-state index in [-0.39, 0.29) is 11.5 Å². The zero-order valence-electron chi connectivity index (χ0n) is 15.7. The van der Waals surface area contributed by atoms with E-state index in [1.807, 2.05) is 34.4 Å². The molecule has 146 valence electrons. The minimum absolute atomic E-state index is 0.0944. The van der Waals surface area contributed by atoms with Crippen LogP contribution in [0.15, 0.2) is 46.3 Å². The van der Waals surface area contributed by atoms with Gasteiger partial charge >= 0.3 is 0 Å². The standard InChI is InChI=1S/C19H22N6O2S/c1-2-14-12-16(26)20-18-21-22-19(25(14)18)28-13-17(27)24-10-8-23(9-11-24)15-6-4-3-5-7-15/h3-7,12H,2,8-11,13H2,1H3,(H,20,21,26). The quantitative estimate of drug-likeness (QED) is 0.654. The van der Waals surface area contributed by atoms with E-state index < -0.39 is 0 Å². The van der Waals surface area contributed by atoms with Crippen molar-refractivity contribution in [2.75, 3.05) is 36.8 Å². The van der Waals surface area contributed by atoms with E-state index in [1.54, 1.807) is 6.07 Å². The summed E-state index contributed by atoms with van der Waals surface area (Å²) < 4.78 is 1.81. The van der Waals surface area contributed by atoms with Gasteiger partial charge in [0, 0.05) is 43.6 Å². The van der Waals surface area contributed by atoms with Gasteiger partial charge in [0.1, 0.15) is 0 Å². The van der Waals surface area contributed by atoms with Crippen LogP contribution in [0.4, 0.5) is 5.69 Å². The van der Waals surface area contributed by atoms with Crippen molar-refractivity contribution in [3.05, 3.63) is 52.4 Å². The largest absolute Gasteiger partial charge is 0.368 e. The van der Waals surface area contributed by atoms with Crippen LogP contribution >= 0.6 is 11.8 Å². The third-order valence-corrected chi connectivity index (χ3v) is 5.81. The molecule has 9 heteroatoms. The van der Waals surface area contributed by atoms with Crippen LogP contribution in [0.3, 0.4) is 0 Å². The molecule has 1 N–H and O–H groups in total. The number of fused-ring (bicyclic) bond motifs is 1. The van der Waals surface area contributed by atoms with Crippen LogP contribution < -0.4 is 10.5 Å². The minimum Gasteiger partial charge on any atom is -0.368 e. The van der Waals surface area contributed by atoms with Crippen LogP contribution in [0.5, 0.6) is 0 Å². The number of piperazine rings is 1. The molecule has 0 unspecified atom stereocenters. The van der Waals surface area contributed by atoms with Crippen LogP contribution in [-0.2, 0) is 11.2 Å². The smallest absolute Gasteiger partial charge is 0.252 e. The molecule has 0 aliphatic carbocycles. The zero-order valence-corrected chi connectivity index (χ0v) is 16.5. The zero-order chi connectivity index (χ0) is 19.5. The van der Waals surface area contributed by atoms with E-state index in [9.17, 15) is 9.59 Å². The normalized spacial score (nSPS) is 14.6. The number of aryl methyl sites for hydroxylation is 1. The molecule has 0 saturated carbocycles. The Balaban J connectivity index is 1.38. The second-order valence-electron chi connectivity index (χ2n) is 6.61. The summed E-state index contributed by atoms with van der Waals surface area (Å²) in [5.41, 5.74) is 1.83. The van der Waals surface area contributed by atoms with Crippen LogP contribution in [0, 0.1) is 0 Å². The summed E-state index contributed by atoms with van der Waals surface area (Å²) in [6.45, 7) is 5.05. The molecule has 1 amide bonds. The lowest BCUT2D eigenvalue weighted by atomic mass is 10.2. The summed E-state index contributed by atoms with van der Waals surface area (Å²) in [4.78, 5) is 31.2. The van der Waals surface area contributed by atoms with Gasteiger partial charge in [0.2, 0.25) is 11.7 Å². The molecule has 1 aliphatic rings. The predicted molar refractivity (Wildman–Crippen MR) is 109 cm³/mol. The highest BCUT2D eigenvalue weighted by atomic mass is 32.2. The van der Waals surface area contributed by atoms with Crippen molar-refractivity contribution < 1.29 is 4.79 Å². The van der Waals surface area contributed by atoms with Crippen molar-refractivity contribution in [2.24, 2.45) is 0 Å². The fourth-order valence-corrected chi connectivity index (χ4v) is 4.26. The SMILES string of the molecule is CCc1cc(=O)[nH]c2nnc(SCC(=O)N3CCN(c4ccccc4)CC3)n12. The number of carbonyl (C=O) groups excluding carboxylic acids is 1. The third kappa shape index (κ3) is 3.75. The molecule has 1 aliphatic heterocycles. The van der Waals surface area contributed by atoms with Gasteiger partial charge in [-0.2, -0.15) is 0 Å². The first-order valence-corrected chi connectivity index (χ1v) is 10.3. The fraction of sp³-hybridized carbons (Fsp3) is 0.368. The molecule has 1 aromatic carbocycles. The molecule has 8 nitrogen and oxygen atoms in total. The summed E-state index contributed by atoms with van der Waals surface area (Å²) in [6.07, 6.45) is 0.682. The molecule has 1 fully saturated rings. The molecule has 0 spiro atoms. The lowest BCUT2D eigenvalue weighted by Crippen LogP contribution is -2.49. The first-order valence-electron chi connectivity index (χ1n) is 9.33. The highest BCUT2D eigenvalue weighted by Crippen LogP contribution is 2.20. The number of anilines is 1. The maximum atomic E-state index is 12.7. The van der Waals surface area contributed by atoms with Crippen molar-refractivity contribution in [3.63, 3.8) is 0 Å². The van der Waals surface area contributed by atoms with Gasteiger partial charge in [-0.1, -0.05) is 36.9 Å². The maximum Gasteiger partial charge on any atom is 0.252 e. The number of rotatable bonds is 5. The number of carbonyl (C=O) groups is 1. The monoisotopic (exact) mass is 398 g/mol. The number of benzene rings is 1. The van der Waals surface area contributed by atoms with Crippen LogP contribution in [-0.4, -0.2) is 62.3 Å². The van der Waals surface area contributed by atoms with Crippen LogP contribution in [0.25, 0.3) is 5.78 Å². The Kier molecular flexibility index (Phi) is 5.34. The fourth-order valence-electron chi connectivity index (χ4n) is 3.40. The second-order valence-corrected chi connectivity index (χ2v) is 7.55. The summed E-state index contributed by atoms with van der Waals surface area (Å²) in [6, 6.07) is 11.8. The van der Waals surface area contributed by atoms with Gasteiger partial charge in [-0.15, -0.1) is 10.2 Å². The number of H-pyrrole nitrogens is 1. The Morgan fingerprint density at radius 1 is 1.14 bits per heavy atom. The van der Waals surface area contributed by atoms with E-state index in [4.69, 9.17) is 0 Å². The predicted octanol–water partition coefficient (Wildman–Crippen LogP) is 1.42. The van der Waals surface area contributed by atoms with Gasteiger partial charge in [-0.3, -0.25) is 19.0 Å². The van der Waals surface area contributed by atoms with Gasteiger partial charge in [-0.25, -0.2) is 0 Å². The molecule has 28 heavy (non-hydrogen) atoms. The first kappa shape index (κ1) is 18.5. The Labute approximate surface area is 166 Å². The van der Waals surface area contributed by atoms with Crippen LogP contribution in [0.1, 0.15) is 12.6 Å². The number of hydrogen-bond donors (Lipinski definition) is 1. The number of nitrogens with zero attached hydrogens (tertiary/aromatic N) is 5. The van der Waals surface area contributed by atoms with E-state index in [0.717, 1.165) is 18.8 Å². The van der Waals surface area contributed by atoms with Crippen molar-refractivity contribution in [1.29, 1.82) is 0 Å². The highest BCUT2D eigenvalue weighted by Gasteiger charge is 2.22. The molecule has 0 atom stereocenters. The molecule has 3 aromatic rings. The molecule has 2 aromatic heterocycles. The number of para-hydroxylation sites is 1. The summed E-state index contributed by atoms with van der Waals surface area (Å²) >= 11 is 1.35. The average molecular weight is 398 g/mol. The Hall–Kier alpha value is -2.81. The maximum absolute atomic E-state index is 12.7. The number of aromatic amines is 1. The van der Waals surface area contributed by atoms with Crippen molar-refractivity contribution in [3.8, 4) is 0 Å². The summed E-state index contributed by atoms with van der Waals surface area (Å²) in [5.74, 6) is 0.807. The van der Waals surface area contributed by atoms with Gasteiger partial charge in [0.25, 0.3) is 5.56 Å². The Morgan fingerprint density at radius 2 is 1.89 bits per heavy atom. The molecule has 1 saturated heterocycles. The number of thioether (sulfide) groups is 1. The molecular formula is C19H22N6O2S. The van der Waals surface area contributed by atoms with Crippen molar-refractivity contribution >= 4 is 29.1 Å². The first-order chi connectivity index (χ1) is 13.7. The summed E-state index contributed by atoms with van der Waals surface area (Å²) in [5, 5.41) is 8.79. The molecule has 0 bridgehead atoms. The lowest BCUT2D eigenvalue weighted by molar-refractivity contribution is -0.128. The molecule has 3 heterocycles. The Bertz CT molecular complexity index is 1020. The summed E-state index contributed by atoms with van der Waals surface area (Å²) in [7, 11) is 0. The minimum atomic E-state index is -0.194. The third-order valence-electron chi connectivity index (χ3n) is 4.89. The number of aromatic nitrogens is 4. The van der Waals surface area contributed by atoms with Crippen LogP contribution in [0.2, 0.25) is 0 Å². The Morgan fingerprint density at radius 3 is 2.61 bits per heavy atom. The average Bonchev–Trinajstić information content (AvgIpc) is 3.15. The number of nitrogens with one attached hydrogen (secondary N) is 1. The van der Waals surface area contributed by atoms with Crippen molar-refractivity contribution in [1.82, 2.24) is 24.5 Å². The topological polar surface area (TPSA) is 86.6 Å². The second kappa shape index (κ2) is 8.05. The highest BCUT2D eigenvalue weighted by molar-refractivity contribution is 7.99. The van der Waals surface area contributed by atoms with Gasteiger partial charge in [0.05, 0.1) is 5.75 Å². The van der Waals surface area contributed by atoms with Gasteiger partial charge in [-0.05, 0) is 18.6 Å². The number of hydrogen-bond acceptors (Lipinski definition) is 6. The molecule has 0 radical (unpaired) electrons. The van der Waals surface area contributed by atoms with Crippen molar-refractivity contribution in [2.45, 2.75) is 18.5 Å². The molecule has 4 rings (SSSR count). The number of amides is 1. The van der Waals surface area contributed by atoms with Gasteiger partial charge < -0.3 is 9.80 Å². The molecular weight excluding hydrogens is 376 g/mol. The van der Waals surface area contributed by atoms with E-state index in [2.05, 4.69) is 32.2 Å². The van der Waals surface area contributed by atoms with E-state index in [0.29, 0.717) is 36.2 Å².